The molecular formula is C17H18ClN5O2S. The molecular weight excluding hydrogens is 374 g/mol. The molecule has 2 aromatic heterocycles. The molecule has 7 nitrogen and oxygen atoms in total. The topological polar surface area (TPSA) is 88.9 Å². The maximum Gasteiger partial charge on any atom is 0.215 e. The van der Waals surface area contributed by atoms with E-state index in [-0.39, 0.29) is 12.3 Å². The number of sulfonamides is 1. The molecule has 2 N–H and O–H groups in total. The summed E-state index contributed by atoms with van der Waals surface area (Å²) in [7, 11) is -3.43. The van der Waals surface area contributed by atoms with Crippen LogP contribution in [0.3, 0.4) is 0 Å². The van der Waals surface area contributed by atoms with Crippen LogP contribution in [0.1, 0.15) is 5.56 Å². The van der Waals surface area contributed by atoms with Gasteiger partial charge >= 0.3 is 0 Å². The first-order chi connectivity index (χ1) is 12.5. The Labute approximate surface area is 157 Å². The monoisotopic (exact) mass is 391 g/mol. The van der Waals surface area contributed by atoms with Crippen molar-refractivity contribution in [3.63, 3.8) is 0 Å². The van der Waals surface area contributed by atoms with Crippen molar-refractivity contribution in [2.75, 3.05) is 18.4 Å². The number of rotatable bonds is 8. The normalized spacial score (nSPS) is 11.4. The lowest BCUT2D eigenvalue weighted by molar-refractivity contribution is 0.582. The number of hydrogen-bond donors (Lipinski definition) is 2. The summed E-state index contributed by atoms with van der Waals surface area (Å²) < 4.78 is 28.6. The molecule has 0 aliphatic rings. The Bertz CT molecular complexity index is 944. The van der Waals surface area contributed by atoms with Gasteiger partial charge in [-0.2, -0.15) is 0 Å². The van der Waals surface area contributed by atoms with E-state index in [0.29, 0.717) is 28.8 Å². The number of halogens is 1. The summed E-state index contributed by atoms with van der Waals surface area (Å²) in [4.78, 5) is 0. The quantitative estimate of drug-likeness (QED) is 0.576. The van der Waals surface area contributed by atoms with Crippen LogP contribution < -0.4 is 10.0 Å². The fourth-order valence-electron chi connectivity index (χ4n) is 2.34. The number of nitrogens with zero attached hydrogens (tertiary/aromatic N) is 3. The Balaban J connectivity index is 1.46. The van der Waals surface area contributed by atoms with Gasteiger partial charge in [0.2, 0.25) is 10.0 Å². The molecule has 9 heteroatoms. The van der Waals surface area contributed by atoms with Crippen LogP contribution in [0.2, 0.25) is 5.02 Å². The molecule has 0 fully saturated rings. The first-order valence-electron chi connectivity index (χ1n) is 7.95. The number of hydrogen-bond acceptors (Lipinski definition) is 5. The molecule has 0 saturated carbocycles. The average Bonchev–Trinajstić information content (AvgIpc) is 3.13. The zero-order chi connectivity index (χ0) is 18.4. The molecule has 136 valence electrons. The van der Waals surface area contributed by atoms with E-state index in [0.717, 1.165) is 0 Å². The molecule has 3 aromatic rings. The van der Waals surface area contributed by atoms with E-state index in [1.165, 1.54) is 0 Å². The van der Waals surface area contributed by atoms with Gasteiger partial charge < -0.3 is 9.88 Å². The Morgan fingerprint density at radius 1 is 1.00 bits per heavy atom. The highest BCUT2D eigenvalue weighted by molar-refractivity contribution is 7.88. The Hall–Kier alpha value is -2.42. The lowest BCUT2D eigenvalue weighted by atomic mass is 10.2. The SMILES string of the molecule is O=S(=O)(Cc1cccc(Cl)c1)NCCNc1ccc(-n2cccc2)nn1. The number of anilines is 1. The predicted molar refractivity (Wildman–Crippen MR) is 102 cm³/mol. The molecule has 0 aliphatic heterocycles. The van der Waals surface area contributed by atoms with Crippen molar-refractivity contribution in [2.45, 2.75) is 5.75 Å². The summed E-state index contributed by atoms with van der Waals surface area (Å²) in [6, 6.07) is 14.2. The highest BCUT2D eigenvalue weighted by Crippen LogP contribution is 2.12. The van der Waals surface area contributed by atoms with Crippen molar-refractivity contribution in [2.24, 2.45) is 0 Å². The highest BCUT2D eigenvalue weighted by atomic mass is 35.5. The van der Waals surface area contributed by atoms with E-state index in [9.17, 15) is 8.42 Å². The van der Waals surface area contributed by atoms with Crippen molar-refractivity contribution in [3.05, 3.63) is 71.5 Å². The van der Waals surface area contributed by atoms with Gasteiger partial charge in [0.1, 0.15) is 5.82 Å². The van der Waals surface area contributed by atoms with Gasteiger partial charge in [0.25, 0.3) is 0 Å². The second-order valence-electron chi connectivity index (χ2n) is 5.58. The molecule has 0 atom stereocenters. The van der Waals surface area contributed by atoms with Crippen LogP contribution >= 0.6 is 11.6 Å². The van der Waals surface area contributed by atoms with Crippen molar-refractivity contribution >= 4 is 27.4 Å². The van der Waals surface area contributed by atoms with Crippen molar-refractivity contribution in [1.82, 2.24) is 19.5 Å². The summed E-state index contributed by atoms with van der Waals surface area (Å²) in [6.45, 7) is 0.635. The van der Waals surface area contributed by atoms with E-state index in [1.54, 1.807) is 30.3 Å². The van der Waals surface area contributed by atoms with Crippen molar-refractivity contribution in [3.8, 4) is 5.82 Å². The van der Waals surface area contributed by atoms with Crippen LogP contribution in [-0.4, -0.2) is 36.3 Å². The van der Waals surface area contributed by atoms with E-state index < -0.39 is 10.0 Å². The van der Waals surface area contributed by atoms with Gasteiger partial charge in [-0.3, -0.25) is 0 Å². The molecule has 2 heterocycles. The van der Waals surface area contributed by atoms with Crippen LogP contribution in [0.25, 0.3) is 5.82 Å². The van der Waals surface area contributed by atoms with E-state index in [2.05, 4.69) is 20.2 Å². The molecule has 0 radical (unpaired) electrons. The fraction of sp³-hybridized carbons (Fsp3) is 0.176. The van der Waals surface area contributed by atoms with Crippen LogP contribution in [0.4, 0.5) is 5.82 Å². The molecule has 0 amide bonds. The van der Waals surface area contributed by atoms with Crippen LogP contribution in [0, 0.1) is 0 Å². The average molecular weight is 392 g/mol. The Morgan fingerprint density at radius 2 is 1.81 bits per heavy atom. The third-order valence-electron chi connectivity index (χ3n) is 3.52. The minimum absolute atomic E-state index is 0.112. The first-order valence-corrected chi connectivity index (χ1v) is 9.98. The summed E-state index contributed by atoms with van der Waals surface area (Å²) >= 11 is 5.87. The van der Waals surface area contributed by atoms with Gasteiger partial charge in [0.05, 0.1) is 5.75 Å². The molecule has 3 rings (SSSR count). The summed E-state index contributed by atoms with van der Waals surface area (Å²) in [5.41, 5.74) is 0.643. The minimum atomic E-state index is -3.43. The van der Waals surface area contributed by atoms with Crippen LogP contribution in [-0.2, 0) is 15.8 Å². The number of nitrogens with one attached hydrogen (secondary N) is 2. The molecule has 0 spiro atoms. The van der Waals surface area contributed by atoms with Gasteiger partial charge in [-0.05, 0) is 42.0 Å². The standard InChI is InChI=1S/C17H18ClN5O2S/c18-15-5-3-4-14(12-15)13-26(24,25)20-9-8-19-16-6-7-17(22-21-16)23-10-1-2-11-23/h1-7,10-12,20H,8-9,13H2,(H,19,21). The maximum absolute atomic E-state index is 12.1. The zero-order valence-corrected chi connectivity index (χ0v) is 15.4. The maximum atomic E-state index is 12.1. The van der Waals surface area contributed by atoms with Crippen molar-refractivity contribution < 1.29 is 8.42 Å². The molecule has 26 heavy (non-hydrogen) atoms. The molecule has 1 aromatic carbocycles. The summed E-state index contributed by atoms with van der Waals surface area (Å²) in [6.07, 6.45) is 3.76. The van der Waals surface area contributed by atoms with Crippen LogP contribution in [0.15, 0.2) is 60.9 Å². The van der Waals surface area contributed by atoms with Gasteiger partial charge in [-0.15, -0.1) is 10.2 Å². The molecule has 0 saturated heterocycles. The van der Waals surface area contributed by atoms with E-state index in [4.69, 9.17) is 11.6 Å². The second-order valence-corrected chi connectivity index (χ2v) is 7.82. The van der Waals surface area contributed by atoms with Gasteiger partial charge in [0.15, 0.2) is 5.82 Å². The van der Waals surface area contributed by atoms with E-state index in [1.807, 2.05) is 35.2 Å². The van der Waals surface area contributed by atoms with Crippen molar-refractivity contribution in [1.29, 1.82) is 0 Å². The fourth-order valence-corrected chi connectivity index (χ4v) is 3.69. The molecule has 0 bridgehead atoms. The number of aromatic nitrogens is 3. The van der Waals surface area contributed by atoms with Gasteiger partial charge in [-0.25, -0.2) is 13.1 Å². The minimum Gasteiger partial charge on any atom is -0.367 e. The largest absolute Gasteiger partial charge is 0.367 e. The lowest BCUT2D eigenvalue weighted by Gasteiger charge is -2.09. The zero-order valence-electron chi connectivity index (χ0n) is 13.8. The van der Waals surface area contributed by atoms with Gasteiger partial charge in [0, 0.05) is 30.5 Å². The summed E-state index contributed by atoms with van der Waals surface area (Å²) in [5.74, 6) is 1.18. The predicted octanol–water partition coefficient (Wildman–Crippen LogP) is 2.45. The third-order valence-corrected chi connectivity index (χ3v) is 5.11. The van der Waals surface area contributed by atoms with Gasteiger partial charge in [-0.1, -0.05) is 23.7 Å². The number of benzene rings is 1. The second kappa shape index (κ2) is 8.31. The van der Waals surface area contributed by atoms with E-state index >= 15 is 0 Å². The third kappa shape index (κ3) is 5.29. The highest BCUT2D eigenvalue weighted by Gasteiger charge is 2.11. The van der Waals surface area contributed by atoms with Crippen LogP contribution in [0.5, 0.6) is 0 Å². The smallest absolute Gasteiger partial charge is 0.215 e. The Morgan fingerprint density at radius 3 is 2.50 bits per heavy atom. The molecule has 0 aliphatic carbocycles. The lowest BCUT2D eigenvalue weighted by Crippen LogP contribution is -2.30. The molecule has 0 unspecified atom stereocenters. The Kier molecular flexibility index (Phi) is 5.87. The summed E-state index contributed by atoms with van der Waals surface area (Å²) in [5, 5.41) is 11.7. The first kappa shape index (κ1) is 18.4.